The number of benzene rings is 2. The van der Waals surface area contributed by atoms with Crippen LogP contribution in [-0.2, 0) is 14.3 Å². The summed E-state index contributed by atoms with van der Waals surface area (Å²) in [7, 11) is 0. The van der Waals surface area contributed by atoms with Crippen molar-refractivity contribution >= 4 is 16.7 Å². The fraction of sp³-hybridized carbons (Fsp3) is 0.450. The molecule has 2 aromatic rings. The molecule has 5 nitrogen and oxygen atoms in total. The van der Waals surface area contributed by atoms with E-state index in [9.17, 15) is 9.90 Å². The number of carbonyl (C=O) groups is 1. The average molecular weight is 343 g/mol. The molecule has 1 aliphatic rings. The minimum atomic E-state index is -0.751. The summed E-state index contributed by atoms with van der Waals surface area (Å²) in [6.07, 6.45) is 0.812. The summed E-state index contributed by atoms with van der Waals surface area (Å²) in [6, 6.07) is 13.8. The van der Waals surface area contributed by atoms with Gasteiger partial charge in [-0.2, -0.15) is 0 Å². The molecular formula is C20H25NO4. The Kier molecular flexibility index (Phi) is 6.02. The Labute approximate surface area is 147 Å². The zero-order valence-electron chi connectivity index (χ0n) is 14.5. The van der Waals surface area contributed by atoms with Crippen molar-refractivity contribution in [3.8, 4) is 0 Å². The molecule has 1 heterocycles. The lowest BCUT2D eigenvalue weighted by Crippen LogP contribution is -2.38. The first kappa shape index (κ1) is 17.9. The highest BCUT2D eigenvalue weighted by molar-refractivity contribution is 5.83. The predicted octanol–water partition coefficient (Wildman–Crippen LogP) is 2.57. The largest absolute Gasteiger partial charge is 0.387 e. The molecule has 0 saturated carbocycles. The van der Waals surface area contributed by atoms with Crippen molar-refractivity contribution in [2.75, 3.05) is 19.8 Å². The van der Waals surface area contributed by atoms with Crippen molar-refractivity contribution in [2.45, 2.75) is 38.1 Å². The van der Waals surface area contributed by atoms with E-state index in [1.807, 2.05) is 42.5 Å². The van der Waals surface area contributed by atoms with Gasteiger partial charge in [0.2, 0.25) is 5.91 Å². The molecule has 1 aliphatic heterocycles. The SMILES string of the molecule is C[C@H](OC[C@H]1CCCO1)C(=O)NC[C@H](O)c1ccc2ccccc2c1. The molecular weight excluding hydrogens is 318 g/mol. The van der Waals surface area contributed by atoms with E-state index in [0.717, 1.165) is 35.8 Å². The summed E-state index contributed by atoms with van der Waals surface area (Å²) in [5.41, 5.74) is 0.784. The molecule has 2 aromatic carbocycles. The van der Waals surface area contributed by atoms with Crippen LogP contribution in [0.1, 0.15) is 31.4 Å². The first-order valence-electron chi connectivity index (χ1n) is 8.81. The van der Waals surface area contributed by atoms with Gasteiger partial charge in [-0.05, 0) is 42.2 Å². The van der Waals surface area contributed by atoms with Gasteiger partial charge >= 0.3 is 0 Å². The zero-order valence-corrected chi connectivity index (χ0v) is 14.5. The van der Waals surface area contributed by atoms with Crippen molar-refractivity contribution in [3.63, 3.8) is 0 Å². The van der Waals surface area contributed by atoms with Crippen LogP contribution in [0.25, 0.3) is 10.8 Å². The van der Waals surface area contributed by atoms with Crippen LogP contribution in [0.5, 0.6) is 0 Å². The summed E-state index contributed by atoms with van der Waals surface area (Å²) >= 11 is 0. The van der Waals surface area contributed by atoms with Crippen LogP contribution in [0.2, 0.25) is 0 Å². The zero-order chi connectivity index (χ0) is 17.6. The minimum absolute atomic E-state index is 0.0958. The quantitative estimate of drug-likeness (QED) is 0.811. The van der Waals surface area contributed by atoms with E-state index in [1.54, 1.807) is 6.92 Å². The van der Waals surface area contributed by atoms with Crippen molar-refractivity contribution in [1.29, 1.82) is 0 Å². The van der Waals surface area contributed by atoms with Crippen molar-refractivity contribution in [2.24, 2.45) is 0 Å². The summed E-state index contributed by atoms with van der Waals surface area (Å²) in [5, 5.41) is 15.3. The Morgan fingerprint density at radius 2 is 2.12 bits per heavy atom. The second kappa shape index (κ2) is 8.43. The number of hydrogen-bond donors (Lipinski definition) is 2. The second-order valence-electron chi connectivity index (χ2n) is 6.48. The lowest BCUT2D eigenvalue weighted by molar-refractivity contribution is -0.134. The van der Waals surface area contributed by atoms with Crippen molar-refractivity contribution in [1.82, 2.24) is 5.32 Å². The highest BCUT2D eigenvalue weighted by Gasteiger charge is 2.20. The number of aliphatic hydroxyl groups is 1. The third kappa shape index (κ3) is 4.78. The molecule has 2 N–H and O–H groups in total. The Morgan fingerprint density at radius 1 is 1.32 bits per heavy atom. The molecule has 1 fully saturated rings. The van der Waals surface area contributed by atoms with Gasteiger partial charge in [-0.15, -0.1) is 0 Å². The number of rotatable bonds is 7. The summed E-state index contributed by atoms with van der Waals surface area (Å²) in [6.45, 7) is 3.08. The van der Waals surface area contributed by atoms with Crippen LogP contribution in [0.3, 0.4) is 0 Å². The van der Waals surface area contributed by atoms with Crippen molar-refractivity contribution < 1.29 is 19.4 Å². The molecule has 5 heteroatoms. The summed E-state index contributed by atoms with van der Waals surface area (Å²) in [5.74, 6) is -0.224. The smallest absolute Gasteiger partial charge is 0.248 e. The van der Waals surface area contributed by atoms with Crippen LogP contribution in [0.15, 0.2) is 42.5 Å². The maximum absolute atomic E-state index is 12.1. The summed E-state index contributed by atoms with van der Waals surface area (Å²) < 4.78 is 11.0. The van der Waals surface area contributed by atoms with E-state index in [-0.39, 0.29) is 18.6 Å². The van der Waals surface area contributed by atoms with Gasteiger partial charge in [-0.25, -0.2) is 0 Å². The monoisotopic (exact) mass is 343 g/mol. The van der Waals surface area contributed by atoms with Gasteiger partial charge in [0, 0.05) is 13.2 Å². The number of carbonyl (C=O) groups excluding carboxylic acids is 1. The maximum Gasteiger partial charge on any atom is 0.248 e. The fourth-order valence-electron chi connectivity index (χ4n) is 2.98. The number of nitrogens with one attached hydrogen (secondary N) is 1. The van der Waals surface area contributed by atoms with Gasteiger partial charge in [0.25, 0.3) is 0 Å². The minimum Gasteiger partial charge on any atom is -0.387 e. The topological polar surface area (TPSA) is 67.8 Å². The molecule has 3 rings (SSSR count). The van der Waals surface area contributed by atoms with E-state index >= 15 is 0 Å². The number of aliphatic hydroxyl groups excluding tert-OH is 1. The van der Waals surface area contributed by atoms with E-state index in [4.69, 9.17) is 9.47 Å². The van der Waals surface area contributed by atoms with Crippen LogP contribution < -0.4 is 5.32 Å². The van der Waals surface area contributed by atoms with Gasteiger partial charge in [0.15, 0.2) is 0 Å². The van der Waals surface area contributed by atoms with Crippen LogP contribution in [0.4, 0.5) is 0 Å². The first-order chi connectivity index (χ1) is 12.1. The standard InChI is InChI=1S/C20H25NO4/c1-14(25-13-18-7-4-10-24-18)20(23)21-12-19(22)17-9-8-15-5-2-3-6-16(15)11-17/h2-3,5-6,8-9,11,14,18-19,22H,4,7,10,12-13H2,1H3,(H,21,23)/t14-,18+,19-/m0/s1. The van der Waals surface area contributed by atoms with E-state index in [1.165, 1.54) is 0 Å². The highest BCUT2D eigenvalue weighted by Crippen LogP contribution is 2.20. The fourth-order valence-corrected chi connectivity index (χ4v) is 2.98. The number of ether oxygens (including phenoxy) is 2. The summed E-state index contributed by atoms with van der Waals surface area (Å²) in [4.78, 5) is 12.1. The molecule has 0 bridgehead atoms. The highest BCUT2D eigenvalue weighted by atomic mass is 16.5. The van der Waals surface area contributed by atoms with E-state index < -0.39 is 12.2 Å². The molecule has 0 spiro atoms. The molecule has 0 radical (unpaired) electrons. The molecule has 0 unspecified atom stereocenters. The third-order valence-electron chi connectivity index (χ3n) is 4.55. The van der Waals surface area contributed by atoms with Gasteiger partial charge in [0.1, 0.15) is 6.10 Å². The molecule has 1 saturated heterocycles. The Bertz CT molecular complexity index is 712. The molecule has 3 atom stereocenters. The Balaban J connectivity index is 1.48. The van der Waals surface area contributed by atoms with Crippen LogP contribution >= 0.6 is 0 Å². The third-order valence-corrected chi connectivity index (χ3v) is 4.55. The van der Waals surface area contributed by atoms with Crippen molar-refractivity contribution in [3.05, 3.63) is 48.0 Å². The normalized spacial score (nSPS) is 19.7. The number of amides is 1. The molecule has 25 heavy (non-hydrogen) atoms. The Morgan fingerprint density at radius 3 is 2.88 bits per heavy atom. The van der Waals surface area contributed by atoms with E-state index in [0.29, 0.717) is 6.61 Å². The van der Waals surface area contributed by atoms with Gasteiger partial charge in [-0.1, -0.05) is 36.4 Å². The molecule has 134 valence electrons. The number of fused-ring (bicyclic) bond motifs is 1. The van der Waals surface area contributed by atoms with Gasteiger partial charge in [0.05, 0.1) is 18.8 Å². The maximum atomic E-state index is 12.1. The van der Waals surface area contributed by atoms with Gasteiger partial charge in [-0.3, -0.25) is 4.79 Å². The Hall–Kier alpha value is -1.95. The average Bonchev–Trinajstić information content (AvgIpc) is 3.17. The predicted molar refractivity (Wildman–Crippen MR) is 96.3 cm³/mol. The van der Waals surface area contributed by atoms with Gasteiger partial charge < -0.3 is 19.9 Å². The van der Waals surface area contributed by atoms with Crippen LogP contribution in [-0.4, -0.2) is 43.0 Å². The first-order valence-corrected chi connectivity index (χ1v) is 8.81. The lowest BCUT2D eigenvalue weighted by Gasteiger charge is -2.18. The second-order valence-corrected chi connectivity index (χ2v) is 6.48. The molecule has 0 aromatic heterocycles. The lowest BCUT2D eigenvalue weighted by atomic mass is 10.0. The molecule has 0 aliphatic carbocycles. The van der Waals surface area contributed by atoms with E-state index in [2.05, 4.69) is 5.32 Å². The molecule has 1 amide bonds. The number of hydrogen-bond acceptors (Lipinski definition) is 4. The van der Waals surface area contributed by atoms with Crippen LogP contribution in [0, 0.1) is 0 Å².